The maximum atomic E-state index is 10.00. The van der Waals surface area contributed by atoms with Crippen LogP contribution in [-0.2, 0) is 6.42 Å². The third-order valence-electron chi connectivity index (χ3n) is 2.02. The summed E-state index contributed by atoms with van der Waals surface area (Å²) in [4.78, 5) is 1.99. The molecule has 0 aliphatic rings. The van der Waals surface area contributed by atoms with E-state index in [2.05, 4.69) is 15.9 Å². The highest BCUT2D eigenvalue weighted by Gasteiger charge is 2.15. The normalized spacial score (nSPS) is 13.0. The average molecular weight is 324 g/mol. The topological polar surface area (TPSA) is 20.2 Å². The van der Waals surface area contributed by atoms with Gasteiger partial charge in [-0.2, -0.15) is 0 Å². The fourth-order valence-corrected chi connectivity index (χ4v) is 4.00. The van der Waals surface area contributed by atoms with E-state index < -0.39 is 6.10 Å². The van der Waals surface area contributed by atoms with Crippen molar-refractivity contribution < 1.29 is 5.11 Å². The first-order chi connectivity index (χ1) is 7.18. The second-order valence-corrected chi connectivity index (χ2v) is 6.25. The van der Waals surface area contributed by atoms with Crippen molar-refractivity contribution in [1.29, 1.82) is 0 Å². The predicted molar refractivity (Wildman–Crippen MR) is 70.0 cm³/mol. The highest BCUT2D eigenvalue weighted by Crippen LogP contribution is 2.33. The minimum absolute atomic E-state index is 0.507. The van der Waals surface area contributed by atoms with Gasteiger partial charge in [0.15, 0.2) is 0 Å². The average Bonchev–Trinajstić information content (AvgIpc) is 2.76. The molecule has 1 nitrogen and oxygen atoms in total. The van der Waals surface area contributed by atoms with Gasteiger partial charge in [0.1, 0.15) is 0 Å². The van der Waals surface area contributed by atoms with Crippen LogP contribution in [-0.4, -0.2) is 5.11 Å². The molecule has 0 aromatic carbocycles. The van der Waals surface area contributed by atoms with Crippen LogP contribution in [0.25, 0.3) is 0 Å². The summed E-state index contributed by atoms with van der Waals surface area (Å²) in [5.41, 5.74) is 0. The summed E-state index contributed by atoms with van der Waals surface area (Å²) in [6.45, 7) is 0. The van der Waals surface area contributed by atoms with Gasteiger partial charge in [0, 0.05) is 15.8 Å². The van der Waals surface area contributed by atoms with Gasteiger partial charge >= 0.3 is 0 Å². The van der Waals surface area contributed by atoms with Crippen LogP contribution in [0.2, 0.25) is 5.02 Å². The van der Waals surface area contributed by atoms with Gasteiger partial charge in [-0.1, -0.05) is 11.6 Å². The van der Waals surface area contributed by atoms with Gasteiger partial charge in [0.2, 0.25) is 0 Å². The number of thiophene rings is 2. The Bertz CT molecular complexity index is 452. The molecule has 15 heavy (non-hydrogen) atoms. The van der Waals surface area contributed by atoms with Gasteiger partial charge in [0.25, 0.3) is 0 Å². The Balaban J connectivity index is 2.14. The van der Waals surface area contributed by atoms with Gasteiger partial charge < -0.3 is 5.11 Å². The monoisotopic (exact) mass is 322 g/mol. The number of hydrogen-bond donors (Lipinski definition) is 1. The van der Waals surface area contributed by atoms with Crippen LogP contribution in [0.4, 0.5) is 0 Å². The first kappa shape index (κ1) is 11.6. The lowest BCUT2D eigenvalue weighted by atomic mass is 10.2. The molecule has 0 spiro atoms. The van der Waals surface area contributed by atoms with Crippen LogP contribution in [0.1, 0.15) is 15.9 Å². The molecule has 5 heteroatoms. The lowest BCUT2D eigenvalue weighted by molar-refractivity contribution is 0.183. The van der Waals surface area contributed by atoms with E-state index in [1.165, 1.54) is 11.3 Å². The van der Waals surface area contributed by atoms with Crippen molar-refractivity contribution in [2.75, 3.05) is 0 Å². The fraction of sp³-hybridized carbons (Fsp3) is 0.200. The predicted octanol–water partition coefficient (Wildman–Crippen LogP) is 4.50. The summed E-state index contributed by atoms with van der Waals surface area (Å²) < 4.78 is 1.05. The number of rotatable bonds is 3. The smallest absolute Gasteiger partial charge is 0.0945 e. The molecule has 0 aliphatic heterocycles. The third-order valence-corrected chi connectivity index (χ3v) is 5.43. The molecule has 1 N–H and O–H groups in total. The second-order valence-electron chi connectivity index (χ2n) is 3.04. The van der Waals surface area contributed by atoms with E-state index in [0.29, 0.717) is 11.4 Å². The Hall–Kier alpha value is 0.130. The van der Waals surface area contributed by atoms with Crippen molar-refractivity contribution in [3.63, 3.8) is 0 Å². The number of halogens is 2. The Morgan fingerprint density at radius 1 is 1.33 bits per heavy atom. The molecule has 0 radical (unpaired) electrons. The van der Waals surface area contributed by atoms with E-state index in [1.807, 2.05) is 22.9 Å². The summed E-state index contributed by atoms with van der Waals surface area (Å²) in [5, 5.41) is 14.5. The molecule has 2 aromatic rings. The Labute approximate surface area is 109 Å². The maximum Gasteiger partial charge on any atom is 0.0945 e. The van der Waals surface area contributed by atoms with Crippen LogP contribution >= 0.6 is 50.2 Å². The molecule has 1 unspecified atom stereocenters. The van der Waals surface area contributed by atoms with Gasteiger partial charge in [0.05, 0.1) is 16.0 Å². The highest BCUT2D eigenvalue weighted by molar-refractivity contribution is 9.10. The van der Waals surface area contributed by atoms with Crippen molar-refractivity contribution in [1.82, 2.24) is 0 Å². The SMILES string of the molecule is OC(Cc1sccc1Br)c1sccc1Cl. The maximum absolute atomic E-state index is 10.00. The van der Waals surface area contributed by atoms with E-state index in [-0.39, 0.29) is 0 Å². The summed E-state index contributed by atoms with van der Waals surface area (Å²) in [6.07, 6.45) is 0.103. The van der Waals surface area contributed by atoms with Gasteiger partial charge in [-0.15, -0.1) is 22.7 Å². The summed E-state index contributed by atoms with van der Waals surface area (Å²) in [7, 11) is 0. The minimum Gasteiger partial charge on any atom is -0.387 e. The van der Waals surface area contributed by atoms with Crippen LogP contribution in [0, 0.1) is 0 Å². The number of hydrogen-bond acceptors (Lipinski definition) is 3. The third kappa shape index (κ3) is 2.63. The Morgan fingerprint density at radius 3 is 2.60 bits per heavy atom. The second kappa shape index (κ2) is 4.97. The lowest BCUT2D eigenvalue weighted by Gasteiger charge is -2.08. The molecule has 1 atom stereocenters. The minimum atomic E-state index is -0.507. The van der Waals surface area contributed by atoms with E-state index >= 15 is 0 Å². The van der Waals surface area contributed by atoms with Crippen molar-refractivity contribution in [3.8, 4) is 0 Å². The zero-order chi connectivity index (χ0) is 10.8. The van der Waals surface area contributed by atoms with Crippen molar-refractivity contribution >= 4 is 50.2 Å². The molecule has 0 saturated carbocycles. The van der Waals surface area contributed by atoms with Crippen LogP contribution in [0.3, 0.4) is 0 Å². The zero-order valence-electron chi connectivity index (χ0n) is 7.61. The van der Waals surface area contributed by atoms with Crippen molar-refractivity contribution in [3.05, 3.63) is 42.1 Å². The van der Waals surface area contributed by atoms with Crippen LogP contribution in [0.15, 0.2) is 27.4 Å². The molecule has 2 rings (SSSR count). The molecule has 0 amide bonds. The molecule has 80 valence electrons. The Kier molecular flexibility index (Phi) is 3.85. The zero-order valence-corrected chi connectivity index (χ0v) is 11.6. The summed E-state index contributed by atoms with van der Waals surface area (Å²) in [5.74, 6) is 0. The van der Waals surface area contributed by atoms with E-state index in [9.17, 15) is 5.11 Å². The summed E-state index contributed by atoms with van der Waals surface area (Å²) >= 11 is 12.5. The molecule has 0 saturated heterocycles. The lowest BCUT2D eigenvalue weighted by Crippen LogP contribution is -1.98. The molecule has 0 aliphatic carbocycles. The molecular formula is C10H8BrClOS2. The van der Waals surface area contributed by atoms with Crippen LogP contribution in [0.5, 0.6) is 0 Å². The largest absolute Gasteiger partial charge is 0.387 e. The highest BCUT2D eigenvalue weighted by atomic mass is 79.9. The van der Waals surface area contributed by atoms with E-state index in [0.717, 1.165) is 14.2 Å². The van der Waals surface area contributed by atoms with Gasteiger partial charge in [-0.05, 0) is 38.8 Å². The van der Waals surface area contributed by atoms with Gasteiger partial charge in [-0.25, -0.2) is 0 Å². The van der Waals surface area contributed by atoms with Crippen molar-refractivity contribution in [2.45, 2.75) is 12.5 Å². The standard InChI is InChI=1S/C10H8BrClOS2/c11-6-1-3-14-9(6)5-8(13)10-7(12)2-4-15-10/h1-4,8,13H,5H2. The number of aliphatic hydroxyl groups excluding tert-OH is 1. The molecule has 0 fully saturated rings. The molecule has 2 aromatic heterocycles. The molecular weight excluding hydrogens is 316 g/mol. The molecule has 2 heterocycles. The molecule has 0 bridgehead atoms. The van der Waals surface area contributed by atoms with Crippen molar-refractivity contribution in [2.24, 2.45) is 0 Å². The van der Waals surface area contributed by atoms with Crippen LogP contribution < -0.4 is 0 Å². The first-order valence-electron chi connectivity index (χ1n) is 4.31. The van der Waals surface area contributed by atoms with E-state index in [1.54, 1.807) is 11.3 Å². The Morgan fingerprint density at radius 2 is 2.07 bits per heavy atom. The summed E-state index contributed by atoms with van der Waals surface area (Å²) in [6, 6.07) is 3.80. The first-order valence-corrected chi connectivity index (χ1v) is 7.24. The van der Waals surface area contributed by atoms with E-state index in [4.69, 9.17) is 11.6 Å². The number of aliphatic hydroxyl groups is 1. The van der Waals surface area contributed by atoms with Gasteiger partial charge in [-0.3, -0.25) is 0 Å². The fourth-order valence-electron chi connectivity index (χ4n) is 1.28. The quantitative estimate of drug-likeness (QED) is 0.881.